The zero-order valence-electron chi connectivity index (χ0n) is 29.2. The first-order chi connectivity index (χ1) is 25.6. The summed E-state index contributed by atoms with van der Waals surface area (Å²) in [6.45, 7) is 3.31. The summed E-state index contributed by atoms with van der Waals surface area (Å²) in [7, 11) is 0. The van der Waals surface area contributed by atoms with Gasteiger partial charge in [-0.3, -0.25) is 0 Å². The molecule has 0 radical (unpaired) electrons. The van der Waals surface area contributed by atoms with E-state index in [1.165, 1.54) is 11.1 Å². The van der Waals surface area contributed by atoms with Gasteiger partial charge in [-0.1, -0.05) is 120 Å². The van der Waals surface area contributed by atoms with Gasteiger partial charge in [0.25, 0.3) is 0 Å². The zero-order valence-corrected chi connectivity index (χ0v) is 30.8. The van der Waals surface area contributed by atoms with Crippen LogP contribution in [-0.2, 0) is 25.7 Å². The van der Waals surface area contributed by atoms with E-state index in [9.17, 15) is 0 Å². The van der Waals surface area contributed by atoms with Crippen molar-refractivity contribution in [1.29, 1.82) is 0 Å². The summed E-state index contributed by atoms with van der Waals surface area (Å²) in [5, 5.41) is 10.8. The smallest absolute Gasteiger partial charge is 0.231 e. The van der Waals surface area contributed by atoms with Crippen molar-refractivity contribution in [2.45, 2.75) is 63.2 Å². The highest BCUT2D eigenvalue weighted by atomic mass is 32.1. The van der Waals surface area contributed by atoms with Crippen LogP contribution in [0.15, 0.2) is 106 Å². The maximum Gasteiger partial charge on any atom is 0.231 e. The molecule has 0 spiro atoms. The molecular formula is C42H42N6O2S2. The molecule has 264 valence electrons. The van der Waals surface area contributed by atoms with Gasteiger partial charge in [0.15, 0.2) is 11.6 Å². The van der Waals surface area contributed by atoms with Crippen LogP contribution >= 0.6 is 24.4 Å². The number of aromatic nitrogens is 4. The van der Waals surface area contributed by atoms with Crippen molar-refractivity contribution in [3.05, 3.63) is 143 Å². The maximum atomic E-state index is 6.00. The molecule has 0 unspecified atom stereocenters. The van der Waals surface area contributed by atoms with Crippen LogP contribution in [0.2, 0.25) is 0 Å². The van der Waals surface area contributed by atoms with Gasteiger partial charge < -0.3 is 18.8 Å². The molecule has 0 saturated carbocycles. The molecule has 0 bridgehead atoms. The molecule has 10 heteroatoms. The van der Waals surface area contributed by atoms with Gasteiger partial charge in [0.05, 0.1) is 11.8 Å². The summed E-state index contributed by atoms with van der Waals surface area (Å²) in [6, 6.07) is 34.0. The van der Waals surface area contributed by atoms with Gasteiger partial charge in [-0.2, -0.15) is 9.97 Å². The Balaban J connectivity index is 0.832. The molecule has 2 atom stereocenters. The topological polar surface area (TPSA) is 84.3 Å². The van der Waals surface area contributed by atoms with Crippen LogP contribution in [0.25, 0.3) is 10.8 Å². The lowest BCUT2D eigenvalue weighted by atomic mass is 10.0. The second kappa shape index (κ2) is 15.8. The predicted molar refractivity (Wildman–Crippen MR) is 211 cm³/mol. The standard InChI is InChI=1S/C42H42N6O2S2/c51-41(47-23-21-35(27-47)39-43-37(45-49-39)15-7-13-29-9-3-1-4-10-29)33-19-17-32-26-34(20-18-31(32)25-33)42(52)48-24-22-36(28-48)40-44-38(46-50-40)16-8-14-30-11-5-2-6-12-30/h1-6,9-12,17-20,25-26,35-36H,7-8,13-16,21-24,27-28H2/t35-,36-/m1/s1. The number of aryl methyl sites for hydroxylation is 4. The number of thiocarbonyl (C=S) groups is 2. The monoisotopic (exact) mass is 726 g/mol. The summed E-state index contributed by atoms with van der Waals surface area (Å²) in [5.74, 6) is 3.40. The number of benzene rings is 4. The average molecular weight is 727 g/mol. The third-order valence-corrected chi connectivity index (χ3v) is 11.4. The number of likely N-dealkylation sites (tertiary alicyclic amines) is 2. The van der Waals surface area contributed by atoms with Crippen LogP contribution in [0.5, 0.6) is 0 Å². The van der Waals surface area contributed by atoms with E-state index in [0.717, 1.165) is 133 Å². The molecule has 2 aromatic heterocycles. The summed E-state index contributed by atoms with van der Waals surface area (Å²) < 4.78 is 11.4. The summed E-state index contributed by atoms with van der Waals surface area (Å²) in [6.07, 6.45) is 7.52. The van der Waals surface area contributed by atoms with Gasteiger partial charge in [0, 0.05) is 50.1 Å². The van der Waals surface area contributed by atoms with E-state index in [1.54, 1.807) is 0 Å². The number of hydrogen-bond donors (Lipinski definition) is 0. The molecule has 52 heavy (non-hydrogen) atoms. The van der Waals surface area contributed by atoms with E-state index in [2.05, 4.69) is 105 Å². The van der Waals surface area contributed by atoms with Crippen molar-refractivity contribution in [2.24, 2.45) is 0 Å². The highest BCUT2D eigenvalue weighted by molar-refractivity contribution is 7.81. The highest BCUT2D eigenvalue weighted by Crippen LogP contribution is 2.31. The van der Waals surface area contributed by atoms with Crippen molar-refractivity contribution >= 4 is 45.2 Å². The molecule has 4 heterocycles. The molecular weight excluding hydrogens is 685 g/mol. The van der Waals surface area contributed by atoms with Gasteiger partial charge in [-0.05, 0) is 72.6 Å². The fraction of sp³-hybridized carbons (Fsp3) is 0.333. The highest BCUT2D eigenvalue weighted by Gasteiger charge is 2.31. The van der Waals surface area contributed by atoms with E-state index in [4.69, 9.17) is 43.4 Å². The Morgan fingerprint density at radius 1 is 0.577 bits per heavy atom. The second-order valence-electron chi connectivity index (χ2n) is 14.0. The van der Waals surface area contributed by atoms with E-state index in [1.807, 2.05) is 12.1 Å². The number of hydrogen-bond acceptors (Lipinski definition) is 8. The van der Waals surface area contributed by atoms with Crippen LogP contribution in [0.4, 0.5) is 0 Å². The van der Waals surface area contributed by atoms with Crippen LogP contribution in [0.3, 0.4) is 0 Å². The first-order valence-electron chi connectivity index (χ1n) is 18.4. The Hall–Kier alpha value is -4.80. The normalized spacial score (nSPS) is 17.3. The minimum Gasteiger partial charge on any atom is -0.361 e. The van der Waals surface area contributed by atoms with Crippen LogP contribution in [-0.4, -0.2) is 66.2 Å². The molecule has 0 N–H and O–H groups in total. The number of nitrogens with zero attached hydrogens (tertiary/aromatic N) is 6. The molecule has 2 saturated heterocycles. The Bertz CT molecular complexity index is 2000. The minimum atomic E-state index is 0.189. The number of rotatable bonds is 12. The molecule has 0 amide bonds. The van der Waals surface area contributed by atoms with Crippen LogP contribution < -0.4 is 0 Å². The SMILES string of the molecule is S=C(c1ccc2cc(C(=S)N3CC[C@@H](c4nc(CCCc5ccccc5)no4)C3)ccc2c1)N1CC[C@@H](c2nc(CCCc3ccccc3)no2)C1. The van der Waals surface area contributed by atoms with Crippen LogP contribution in [0, 0.1) is 0 Å². The number of fused-ring (bicyclic) bond motifs is 1. The van der Waals surface area contributed by atoms with Crippen LogP contribution in [0.1, 0.15) is 83.2 Å². The predicted octanol–water partition coefficient (Wildman–Crippen LogP) is 8.29. The molecule has 2 fully saturated rings. The molecule has 0 aliphatic carbocycles. The minimum absolute atomic E-state index is 0.189. The molecule has 4 aromatic carbocycles. The zero-order chi connectivity index (χ0) is 35.3. The lowest BCUT2D eigenvalue weighted by molar-refractivity contribution is 0.350. The summed E-state index contributed by atoms with van der Waals surface area (Å²) in [4.78, 5) is 15.7. The lowest BCUT2D eigenvalue weighted by Crippen LogP contribution is -2.28. The molecule has 8 nitrogen and oxygen atoms in total. The molecule has 2 aliphatic heterocycles. The Morgan fingerprint density at radius 2 is 1.02 bits per heavy atom. The summed E-state index contributed by atoms with van der Waals surface area (Å²) >= 11 is 12.0. The van der Waals surface area contributed by atoms with E-state index < -0.39 is 0 Å². The van der Waals surface area contributed by atoms with Crippen molar-refractivity contribution in [1.82, 2.24) is 30.1 Å². The quantitative estimate of drug-likeness (QED) is 0.115. The Labute approximate surface area is 315 Å². The lowest BCUT2D eigenvalue weighted by Gasteiger charge is -2.20. The fourth-order valence-corrected chi connectivity index (χ4v) is 8.02. The third-order valence-electron chi connectivity index (χ3n) is 10.4. The third kappa shape index (κ3) is 7.98. The fourth-order valence-electron chi connectivity index (χ4n) is 7.43. The van der Waals surface area contributed by atoms with E-state index in [-0.39, 0.29) is 11.8 Å². The van der Waals surface area contributed by atoms with Crippen molar-refractivity contribution in [3.63, 3.8) is 0 Å². The van der Waals surface area contributed by atoms with E-state index in [0.29, 0.717) is 0 Å². The van der Waals surface area contributed by atoms with Crippen molar-refractivity contribution in [2.75, 3.05) is 26.2 Å². The van der Waals surface area contributed by atoms with Gasteiger partial charge in [-0.25, -0.2) is 0 Å². The molecule has 2 aliphatic rings. The van der Waals surface area contributed by atoms with Gasteiger partial charge in [-0.15, -0.1) is 0 Å². The van der Waals surface area contributed by atoms with Gasteiger partial charge in [0.2, 0.25) is 11.8 Å². The Morgan fingerprint density at radius 3 is 1.46 bits per heavy atom. The average Bonchev–Trinajstić information content (AvgIpc) is 4.02. The van der Waals surface area contributed by atoms with Gasteiger partial charge >= 0.3 is 0 Å². The second-order valence-corrected chi connectivity index (χ2v) is 14.8. The molecule has 8 rings (SSSR count). The first-order valence-corrected chi connectivity index (χ1v) is 19.2. The summed E-state index contributed by atoms with van der Waals surface area (Å²) in [5.41, 5.74) is 4.76. The largest absolute Gasteiger partial charge is 0.361 e. The molecule has 6 aromatic rings. The Kier molecular flexibility index (Phi) is 10.4. The van der Waals surface area contributed by atoms with E-state index >= 15 is 0 Å². The van der Waals surface area contributed by atoms with Crippen molar-refractivity contribution in [3.8, 4) is 0 Å². The maximum absolute atomic E-state index is 6.00. The van der Waals surface area contributed by atoms with Gasteiger partial charge in [0.1, 0.15) is 9.98 Å². The first kappa shape index (κ1) is 34.3. The van der Waals surface area contributed by atoms with Crippen molar-refractivity contribution < 1.29 is 9.05 Å².